The Balaban J connectivity index is 1.59. The third-order valence-electron chi connectivity index (χ3n) is 6.96. The predicted octanol–water partition coefficient (Wildman–Crippen LogP) is -0.193. The lowest BCUT2D eigenvalue weighted by molar-refractivity contribution is -0.949. The van der Waals surface area contributed by atoms with Gasteiger partial charge in [-0.3, -0.25) is 0 Å². The van der Waals surface area contributed by atoms with Gasteiger partial charge in [-0.25, -0.2) is 0 Å². The molecule has 3 aliphatic rings. The third kappa shape index (κ3) is 2.19. The molecule has 2 fully saturated rings. The van der Waals surface area contributed by atoms with Crippen LogP contribution in [0.15, 0.2) is 24.3 Å². The predicted molar refractivity (Wildman–Crippen MR) is 90.8 cm³/mol. The van der Waals surface area contributed by atoms with Crippen LogP contribution in [0.25, 0.3) is 10.9 Å². The second-order valence-corrected chi connectivity index (χ2v) is 8.09. The number of carboxylic acids is 1. The van der Waals surface area contributed by atoms with Gasteiger partial charge >= 0.3 is 0 Å². The maximum absolute atomic E-state index is 11.7. The van der Waals surface area contributed by atoms with Crippen LogP contribution in [-0.4, -0.2) is 35.3 Å². The first-order valence-electron chi connectivity index (χ1n) is 9.48. The molecule has 6 atom stereocenters. The summed E-state index contributed by atoms with van der Waals surface area (Å²) in [7, 11) is 0. The molecule has 2 aliphatic heterocycles. The SMILES string of the molecule is O=C([O-])[C@H]1CCC[C@H]2C[NH+]3CCc4c([nH]c5ccccc45)[C@H]3[C@H](O)[C@H]21. The van der Waals surface area contributed by atoms with Gasteiger partial charge in [-0.2, -0.15) is 0 Å². The van der Waals surface area contributed by atoms with E-state index in [2.05, 4.69) is 23.2 Å². The Hall–Kier alpha value is -1.85. The molecular formula is C20H24N2O3. The number of nitrogens with one attached hydrogen (secondary N) is 2. The molecule has 5 heteroatoms. The maximum atomic E-state index is 11.7. The number of quaternary nitrogens is 1. The van der Waals surface area contributed by atoms with Crippen molar-refractivity contribution in [2.45, 2.75) is 37.8 Å². The molecule has 0 bridgehead atoms. The number of carboxylic acid groups (broad SMARTS) is 1. The van der Waals surface area contributed by atoms with Crippen LogP contribution >= 0.6 is 0 Å². The van der Waals surface area contributed by atoms with E-state index >= 15 is 0 Å². The van der Waals surface area contributed by atoms with Crippen LogP contribution in [0.3, 0.4) is 0 Å². The van der Waals surface area contributed by atoms with Crippen molar-refractivity contribution in [3.05, 3.63) is 35.5 Å². The van der Waals surface area contributed by atoms with Gasteiger partial charge < -0.3 is 24.9 Å². The zero-order chi connectivity index (χ0) is 17.1. The molecule has 132 valence electrons. The third-order valence-corrected chi connectivity index (χ3v) is 6.96. The fourth-order valence-corrected chi connectivity index (χ4v) is 5.94. The molecule has 0 spiro atoms. The number of piperidine rings is 1. The van der Waals surface area contributed by atoms with Gasteiger partial charge in [-0.15, -0.1) is 0 Å². The van der Waals surface area contributed by atoms with Crippen molar-refractivity contribution >= 4 is 16.9 Å². The molecule has 5 nitrogen and oxygen atoms in total. The number of para-hydroxylation sites is 1. The summed E-state index contributed by atoms with van der Waals surface area (Å²) in [4.78, 5) is 16.6. The number of carbonyl (C=O) groups excluding carboxylic acids is 1. The monoisotopic (exact) mass is 340 g/mol. The van der Waals surface area contributed by atoms with Gasteiger partial charge in [-0.1, -0.05) is 24.6 Å². The molecule has 1 unspecified atom stereocenters. The van der Waals surface area contributed by atoms with E-state index in [0.717, 1.165) is 43.6 Å². The quantitative estimate of drug-likeness (QED) is 0.673. The Kier molecular flexibility index (Phi) is 3.44. The number of aliphatic hydroxyl groups is 1. The minimum Gasteiger partial charge on any atom is -0.550 e. The zero-order valence-corrected chi connectivity index (χ0v) is 14.2. The number of aliphatic carboxylic acids is 1. The fraction of sp³-hybridized carbons (Fsp3) is 0.550. The van der Waals surface area contributed by atoms with Crippen LogP contribution in [0.1, 0.15) is 36.6 Å². The van der Waals surface area contributed by atoms with Gasteiger partial charge in [0.25, 0.3) is 0 Å². The van der Waals surface area contributed by atoms with Crippen LogP contribution in [0.4, 0.5) is 0 Å². The number of aliphatic hydroxyl groups excluding tert-OH is 1. The van der Waals surface area contributed by atoms with Gasteiger partial charge in [0, 0.05) is 41.0 Å². The topological polar surface area (TPSA) is 80.6 Å². The Morgan fingerprint density at radius 2 is 2.12 bits per heavy atom. The second kappa shape index (κ2) is 5.58. The van der Waals surface area contributed by atoms with Crippen LogP contribution in [0.5, 0.6) is 0 Å². The Bertz CT molecular complexity index is 829. The van der Waals surface area contributed by atoms with Crippen molar-refractivity contribution in [3.63, 3.8) is 0 Å². The minimum atomic E-state index is -0.982. The molecule has 3 heterocycles. The van der Waals surface area contributed by atoms with E-state index in [-0.39, 0.29) is 12.0 Å². The Morgan fingerprint density at radius 1 is 1.28 bits per heavy atom. The standard InChI is InChI=1S/C20H24N2O3/c23-19-16-11(4-3-6-14(16)20(24)25)10-22-9-8-13-12-5-1-2-7-15(12)21-17(13)18(19)22/h1-2,5,7,11,14,16,18-19,21,23H,3-4,6,8-10H2,(H,24,25)/t11-,14-,16+,18-,19+/m0/s1. The average molecular weight is 340 g/mol. The molecule has 1 aromatic carbocycles. The first kappa shape index (κ1) is 15.4. The van der Waals surface area contributed by atoms with E-state index in [1.807, 2.05) is 6.07 Å². The van der Waals surface area contributed by atoms with Crippen molar-refractivity contribution in [1.82, 2.24) is 4.98 Å². The van der Waals surface area contributed by atoms with Crippen LogP contribution in [0.2, 0.25) is 0 Å². The highest BCUT2D eigenvalue weighted by molar-refractivity contribution is 5.85. The van der Waals surface area contributed by atoms with E-state index < -0.39 is 18.0 Å². The van der Waals surface area contributed by atoms with Gasteiger partial charge in [0.1, 0.15) is 6.10 Å². The van der Waals surface area contributed by atoms with Crippen molar-refractivity contribution in [3.8, 4) is 0 Å². The molecule has 0 radical (unpaired) electrons. The smallest absolute Gasteiger partial charge is 0.155 e. The van der Waals surface area contributed by atoms with Crippen molar-refractivity contribution in [2.24, 2.45) is 17.8 Å². The molecule has 25 heavy (non-hydrogen) atoms. The molecule has 2 aromatic rings. The molecule has 1 saturated heterocycles. The molecule has 5 rings (SSSR count). The number of aromatic amines is 1. The van der Waals surface area contributed by atoms with Crippen LogP contribution < -0.4 is 10.0 Å². The first-order valence-corrected chi connectivity index (χ1v) is 9.48. The highest BCUT2D eigenvalue weighted by Gasteiger charge is 2.53. The molecule has 3 N–H and O–H groups in total. The number of fused-ring (bicyclic) bond motifs is 6. The highest BCUT2D eigenvalue weighted by atomic mass is 16.4. The Labute approximate surface area is 146 Å². The van der Waals surface area contributed by atoms with Crippen molar-refractivity contribution in [2.75, 3.05) is 13.1 Å². The summed E-state index contributed by atoms with van der Waals surface area (Å²) in [5.74, 6) is -1.37. The largest absolute Gasteiger partial charge is 0.550 e. The number of H-pyrrole nitrogens is 1. The lowest BCUT2D eigenvalue weighted by Crippen LogP contribution is -3.16. The van der Waals surface area contributed by atoms with Crippen LogP contribution in [0, 0.1) is 17.8 Å². The van der Waals surface area contributed by atoms with Crippen molar-refractivity contribution in [1.29, 1.82) is 0 Å². The molecule has 0 amide bonds. The number of hydrogen-bond acceptors (Lipinski definition) is 3. The summed E-state index contributed by atoms with van der Waals surface area (Å²) in [6, 6.07) is 8.25. The van der Waals surface area contributed by atoms with Crippen LogP contribution in [-0.2, 0) is 11.2 Å². The number of benzene rings is 1. The summed E-state index contributed by atoms with van der Waals surface area (Å²) < 4.78 is 0. The number of hydrogen-bond donors (Lipinski definition) is 3. The minimum absolute atomic E-state index is 0.0441. The average Bonchev–Trinajstić information content (AvgIpc) is 2.99. The summed E-state index contributed by atoms with van der Waals surface area (Å²) in [5, 5.41) is 24.2. The molecule has 1 saturated carbocycles. The summed E-state index contributed by atoms with van der Waals surface area (Å²) in [6.45, 7) is 1.97. The van der Waals surface area contributed by atoms with E-state index in [1.54, 1.807) is 0 Å². The normalized spacial score (nSPS) is 37.2. The van der Waals surface area contributed by atoms with E-state index in [0.29, 0.717) is 12.3 Å². The number of carbonyl (C=O) groups is 1. The highest BCUT2D eigenvalue weighted by Crippen LogP contribution is 2.43. The first-order chi connectivity index (χ1) is 12.1. The summed E-state index contributed by atoms with van der Waals surface area (Å²) >= 11 is 0. The van der Waals surface area contributed by atoms with E-state index in [4.69, 9.17) is 0 Å². The Morgan fingerprint density at radius 3 is 2.96 bits per heavy atom. The van der Waals surface area contributed by atoms with Gasteiger partial charge in [-0.05, 0) is 24.5 Å². The molecule has 1 aromatic heterocycles. The van der Waals surface area contributed by atoms with E-state index in [9.17, 15) is 15.0 Å². The molecular weight excluding hydrogens is 316 g/mol. The van der Waals surface area contributed by atoms with Gasteiger partial charge in [0.2, 0.25) is 0 Å². The van der Waals surface area contributed by atoms with Gasteiger partial charge in [0.05, 0.1) is 18.8 Å². The van der Waals surface area contributed by atoms with Crippen molar-refractivity contribution < 1.29 is 19.9 Å². The molecule has 1 aliphatic carbocycles. The summed E-state index contributed by atoms with van der Waals surface area (Å²) in [6.07, 6.45) is 2.99. The number of rotatable bonds is 1. The zero-order valence-electron chi connectivity index (χ0n) is 14.2. The van der Waals surface area contributed by atoms with Gasteiger partial charge in [0.15, 0.2) is 6.04 Å². The fourth-order valence-electron chi connectivity index (χ4n) is 5.94. The van der Waals surface area contributed by atoms with E-state index in [1.165, 1.54) is 15.8 Å². The maximum Gasteiger partial charge on any atom is 0.155 e. The lowest BCUT2D eigenvalue weighted by Gasteiger charge is -2.51. The number of aromatic nitrogens is 1. The summed E-state index contributed by atoms with van der Waals surface area (Å²) in [5.41, 5.74) is 3.54. The lowest BCUT2D eigenvalue weighted by atomic mass is 9.64. The second-order valence-electron chi connectivity index (χ2n) is 8.09.